The highest BCUT2D eigenvalue weighted by molar-refractivity contribution is 5.94. The lowest BCUT2D eigenvalue weighted by Crippen LogP contribution is -2.31. The molecule has 1 amide bonds. The number of hydrogen-bond acceptors (Lipinski definition) is 2. The second-order valence-electron chi connectivity index (χ2n) is 6.13. The van der Waals surface area contributed by atoms with E-state index in [4.69, 9.17) is 0 Å². The van der Waals surface area contributed by atoms with Crippen molar-refractivity contribution in [3.8, 4) is 0 Å². The van der Waals surface area contributed by atoms with Gasteiger partial charge in [0.15, 0.2) is 0 Å². The molecule has 0 radical (unpaired) electrons. The van der Waals surface area contributed by atoms with Gasteiger partial charge in [-0.2, -0.15) is 0 Å². The van der Waals surface area contributed by atoms with Gasteiger partial charge in [0.1, 0.15) is 0 Å². The topological polar surface area (TPSA) is 41.1 Å². The quantitative estimate of drug-likeness (QED) is 0.881. The van der Waals surface area contributed by atoms with Crippen LogP contribution in [-0.4, -0.2) is 19.5 Å². The number of aryl methyl sites for hydroxylation is 1. The second-order valence-corrected chi connectivity index (χ2v) is 6.13. The number of hydrogen-bond donors (Lipinski definition) is 2. The molecule has 1 aromatic carbocycles. The second kappa shape index (κ2) is 6.78. The van der Waals surface area contributed by atoms with Gasteiger partial charge in [-0.15, -0.1) is 0 Å². The van der Waals surface area contributed by atoms with Gasteiger partial charge in [-0.05, 0) is 55.4 Å². The lowest BCUT2D eigenvalue weighted by Gasteiger charge is -2.26. The van der Waals surface area contributed by atoms with Crippen molar-refractivity contribution in [3.05, 3.63) is 29.3 Å². The molecule has 0 saturated heterocycles. The van der Waals surface area contributed by atoms with Gasteiger partial charge in [0.05, 0.1) is 0 Å². The SMILES string of the molecule is CNc1ccc(C(=O)NCC2CCCC(C)C2)cc1C. The van der Waals surface area contributed by atoms with Crippen LogP contribution in [-0.2, 0) is 0 Å². The predicted octanol–water partition coefficient (Wildman–Crippen LogP) is 3.59. The van der Waals surface area contributed by atoms with Gasteiger partial charge in [-0.25, -0.2) is 0 Å². The maximum atomic E-state index is 12.2. The first-order chi connectivity index (χ1) is 9.60. The molecular weight excluding hydrogens is 248 g/mol. The van der Waals surface area contributed by atoms with Crippen LogP contribution in [0.15, 0.2) is 18.2 Å². The molecule has 1 fully saturated rings. The van der Waals surface area contributed by atoms with Crippen LogP contribution < -0.4 is 10.6 Å². The van der Waals surface area contributed by atoms with Crippen LogP contribution in [0, 0.1) is 18.8 Å². The van der Waals surface area contributed by atoms with Crippen LogP contribution in [0.2, 0.25) is 0 Å². The molecule has 2 N–H and O–H groups in total. The Bertz CT molecular complexity index is 470. The molecule has 2 atom stereocenters. The molecule has 2 unspecified atom stereocenters. The van der Waals surface area contributed by atoms with Gasteiger partial charge in [0.2, 0.25) is 0 Å². The molecule has 2 rings (SSSR count). The average Bonchev–Trinajstić information content (AvgIpc) is 2.44. The van der Waals surface area contributed by atoms with Crippen LogP contribution in [0.1, 0.15) is 48.5 Å². The van der Waals surface area contributed by atoms with Crippen molar-refractivity contribution in [1.82, 2.24) is 5.32 Å². The van der Waals surface area contributed by atoms with Crippen molar-refractivity contribution in [1.29, 1.82) is 0 Å². The van der Waals surface area contributed by atoms with E-state index >= 15 is 0 Å². The fourth-order valence-corrected chi connectivity index (χ4v) is 3.17. The predicted molar refractivity (Wildman–Crippen MR) is 84.2 cm³/mol. The summed E-state index contributed by atoms with van der Waals surface area (Å²) in [6.07, 6.45) is 5.15. The third kappa shape index (κ3) is 3.75. The van der Waals surface area contributed by atoms with Crippen LogP contribution >= 0.6 is 0 Å². The monoisotopic (exact) mass is 274 g/mol. The van der Waals surface area contributed by atoms with Crippen LogP contribution in [0.5, 0.6) is 0 Å². The summed E-state index contributed by atoms with van der Waals surface area (Å²) in [5, 5.41) is 6.21. The summed E-state index contributed by atoms with van der Waals surface area (Å²) in [7, 11) is 1.90. The summed E-state index contributed by atoms with van der Waals surface area (Å²) in [6, 6.07) is 5.80. The summed E-state index contributed by atoms with van der Waals surface area (Å²) in [5.74, 6) is 1.51. The molecule has 1 aromatic rings. The Hall–Kier alpha value is -1.51. The highest BCUT2D eigenvalue weighted by Crippen LogP contribution is 2.28. The molecule has 0 spiro atoms. The van der Waals surface area contributed by atoms with Crippen molar-refractivity contribution >= 4 is 11.6 Å². The van der Waals surface area contributed by atoms with Crippen molar-refractivity contribution < 1.29 is 4.79 Å². The first-order valence-corrected chi connectivity index (χ1v) is 7.66. The van der Waals surface area contributed by atoms with Gasteiger partial charge in [0.25, 0.3) is 5.91 Å². The van der Waals surface area contributed by atoms with E-state index in [1.807, 2.05) is 32.2 Å². The highest BCUT2D eigenvalue weighted by Gasteiger charge is 2.19. The summed E-state index contributed by atoms with van der Waals surface area (Å²) < 4.78 is 0. The zero-order valence-electron chi connectivity index (χ0n) is 12.8. The van der Waals surface area contributed by atoms with Crippen molar-refractivity contribution in [2.24, 2.45) is 11.8 Å². The molecule has 3 nitrogen and oxygen atoms in total. The summed E-state index contributed by atoms with van der Waals surface area (Å²) in [6.45, 7) is 5.15. The molecule has 0 bridgehead atoms. The minimum absolute atomic E-state index is 0.0500. The normalized spacial score (nSPS) is 22.4. The Kier molecular flexibility index (Phi) is 5.05. The van der Waals surface area contributed by atoms with E-state index in [-0.39, 0.29) is 5.91 Å². The number of anilines is 1. The van der Waals surface area contributed by atoms with Gasteiger partial charge >= 0.3 is 0 Å². The van der Waals surface area contributed by atoms with E-state index in [1.165, 1.54) is 25.7 Å². The molecular formula is C17H26N2O. The number of carbonyl (C=O) groups excluding carboxylic acids is 1. The maximum absolute atomic E-state index is 12.2. The summed E-state index contributed by atoms with van der Waals surface area (Å²) in [4.78, 5) is 12.2. The Morgan fingerprint density at radius 2 is 2.15 bits per heavy atom. The van der Waals surface area contributed by atoms with Crippen LogP contribution in [0.3, 0.4) is 0 Å². The van der Waals surface area contributed by atoms with Gasteiger partial charge in [-0.1, -0.05) is 19.8 Å². The fraction of sp³-hybridized carbons (Fsp3) is 0.588. The number of carbonyl (C=O) groups is 1. The summed E-state index contributed by atoms with van der Waals surface area (Å²) >= 11 is 0. The zero-order chi connectivity index (χ0) is 14.5. The molecule has 1 saturated carbocycles. The molecule has 20 heavy (non-hydrogen) atoms. The Balaban J connectivity index is 1.90. The molecule has 0 aliphatic heterocycles. The molecule has 110 valence electrons. The van der Waals surface area contributed by atoms with E-state index < -0.39 is 0 Å². The number of nitrogens with one attached hydrogen (secondary N) is 2. The minimum atomic E-state index is 0.0500. The van der Waals surface area contributed by atoms with E-state index in [9.17, 15) is 4.79 Å². The smallest absolute Gasteiger partial charge is 0.251 e. The Morgan fingerprint density at radius 1 is 1.35 bits per heavy atom. The van der Waals surface area contributed by atoms with Crippen LogP contribution in [0.25, 0.3) is 0 Å². The molecule has 1 aliphatic rings. The lowest BCUT2D eigenvalue weighted by atomic mass is 9.82. The molecule has 1 aliphatic carbocycles. The largest absolute Gasteiger partial charge is 0.388 e. The maximum Gasteiger partial charge on any atom is 0.251 e. The molecule has 0 heterocycles. The van der Waals surface area contributed by atoms with E-state index in [0.29, 0.717) is 5.92 Å². The first kappa shape index (κ1) is 14.9. The van der Waals surface area contributed by atoms with Crippen molar-refractivity contribution in [2.45, 2.75) is 39.5 Å². The first-order valence-electron chi connectivity index (χ1n) is 7.66. The van der Waals surface area contributed by atoms with Crippen molar-refractivity contribution in [2.75, 3.05) is 18.9 Å². The minimum Gasteiger partial charge on any atom is -0.388 e. The number of benzene rings is 1. The van der Waals surface area contributed by atoms with E-state index in [2.05, 4.69) is 17.6 Å². The Labute approximate surface area is 122 Å². The molecule has 0 aromatic heterocycles. The van der Waals surface area contributed by atoms with Gasteiger partial charge < -0.3 is 10.6 Å². The highest BCUT2D eigenvalue weighted by atomic mass is 16.1. The lowest BCUT2D eigenvalue weighted by molar-refractivity contribution is 0.0940. The Morgan fingerprint density at radius 3 is 2.80 bits per heavy atom. The third-order valence-corrected chi connectivity index (χ3v) is 4.35. The van der Waals surface area contributed by atoms with E-state index in [0.717, 1.165) is 29.3 Å². The standard InChI is InChI=1S/C17H26N2O/c1-12-5-4-6-14(9-12)11-19-17(20)15-7-8-16(18-3)13(2)10-15/h7-8,10,12,14,18H,4-6,9,11H2,1-3H3,(H,19,20). The summed E-state index contributed by atoms with van der Waals surface area (Å²) in [5.41, 5.74) is 2.93. The van der Waals surface area contributed by atoms with Crippen LogP contribution in [0.4, 0.5) is 5.69 Å². The van der Waals surface area contributed by atoms with E-state index in [1.54, 1.807) is 0 Å². The molecule has 3 heteroatoms. The number of rotatable bonds is 4. The average molecular weight is 274 g/mol. The third-order valence-electron chi connectivity index (χ3n) is 4.35. The fourth-order valence-electron chi connectivity index (χ4n) is 3.17. The van der Waals surface area contributed by atoms with Crippen molar-refractivity contribution in [3.63, 3.8) is 0 Å². The zero-order valence-corrected chi connectivity index (χ0v) is 12.8. The van der Waals surface area contributed by atoms with Gasteiger partial charge in [0, 0.05) is 24.8 Å². The van der Waals surface area contributed by atoms with Gasteiger partial charge in [-0.3, -0.25) is 4.79 Å². The number of amides is 1.